The molecule has 0 radical (unpaired) electrons. The smallest absolute Gasteiger partial charge is 0.101 e. The summed E-state index contributed by atoms with van der Waals surface area (Å²) in [6.07, 6.45) is 1.55. The van der Waals surface area contributed by atoms with Gasteiger partial charge in [-0.2, -0.15) is 5.26 Å². The fourth-order valence-electron chi connectivity index (χ4n) is 0.846. The minimum atomic E-state index is 0.439. The van der Waals surface area contributed by atoms with E-state index in [0.717, 1.165) is 11.3 Å². The molecule has 56 valence electrons. The van der Waals surface area contributed by atoms with Gasteiger partial charge in [-0.25, -0.2) is 0 Å². The molecule has 2 N–H and O–H groups in total. The number of nitrogens with zero attached hydrogens (tertiary/aromatic N) is 2. The summed E-state index contributed by atoms with van der Waals surface area (Å²) in [4.78, 5) is 4.02. The molecule has 3 heteroatoms. The molecule has 11 heavy (non-hydrogen) atoms. The highest BCUT2D eigenvalue weighted by molar-refractivity contribution is 5.32. The van der Waals surface area contributed by atoms with Gasteiger partial charge in [-0.1, -0.05) is 0 Å². The minimum absolute atomic E-state index is 0.439. The van der Waals surface area contributed by atoms with Crippen molar-refractivity contribution in [3.8, 4) is 6.07 Å². The third kappa shape index (κ3) is 1.54. The molecule has 0 atom stereocenters. The third-order valence-electron chi connectivity index (χ3n) is 1.54. The summed E-state index contributed by atoms with van der Waals surface area (Å²) in [6, 6.07) is 3.78. The molecule has 0 aromatic carbocycles. The highest BCUT2D eigenvalue weighted by Crippen LogP contribution is 2.05. The van der Waals surface area contributed by atoms with Crippen molar-refractivity contribution in [1.82, 2.24) is 4.98 Å². The zero-order valence-corrected chi connectivity index (χ0v) is 6.33. The van der Waals surface area contributed by atoms with E-state index in [1.807, 2.05) is 13.0 Å². The van der Waals surface area contributed by atoms with E-state index in [-0.39, 0.29) is 0 Å². The topological polar surface area (TPSA) is 62.7 Å². The molecule has 0 spiro atoms. The normalized spacial score (nSPS) is 9.18. The van der Waals surface area contributed by atoms with E-state index in [1.54, 1.807) is 12.3 Å². The van der Waals surface area contributed by atoms with E-state index in [9.17, 15) is 0 Å². The van der Waals surface area contributed by atoms with Crippen LogP contribution in [0.25, 0.3) is 0 Å². The largest absolute Gasteiger partial charge is 0.326 e. The first-order valence-electron chi connectivity index (χ1n) is 3.33. The van der Waals surface area contributed by atoms with Crippen molar-refractivity contribution >= 4 is 0 Å². The fourth-order valence-corrected chi connectivity index (χ4v) is 0.846. The lowest BCUT2D eigenvalue weighted by Crippen LogP contribution is -2.01. The molecular weight excluding hydrogens is 138 g/mol. The summed E-state index contributed by atoms with van der Waals surface area (Å²) in [5, 5.41) is 8.52. The van der Waals surface area contributed by atoms with Crippen LogP contribution in [0.15, 0.2) is 12.3 Å². The van der Waals surface area contributed by atoms with Crippen LogP contribution in [-0.2, 0) is 6.54 Å². The van der Waals surface area contributed by atoms with Crippen molar-refractivity contribution in [2.75, 3.05) is 0 Å². The molecule has 1 rings (SSSR count). The number of aromatic nitrogens is 1. The van der Waals surface area contributed by atoms with Gasteiger partial charge in [0.1, 0.15) is 6.07 Å². The maximum absolute atomic E-state index is 8.52. The minimum Gasteiger partial charge on any atom is -0.326 e. The lowest BCUT2D eigenvalue weighted by molar-refractivity contribution is 1.00. The molecule has 3 nitrogen and oxygen atoms in total. The molecular formula is C8H9N3. The molecule has 1 heterocycles. The number of rotatable bonds is 1. The van der Waals surface area contributed by atoms with Crippen LogP contribution < -0.4 is 5.73 Å². The molecule has 0 aliphatic heterocycles. The van der Waals surface area contributed by atoms with Gasteiger partial charge in [-0.05, 0) is 18.6 Å². The van der Waals surface area contributed by atoms with Gasteiger partial charge < -0.3 is 5.73 Å². The molecule has 0 aliphatic carbocycles. The Kier molecular flexibility index (Phi) is 2.19. The number of aryl methyl sites for hydroxylation is 1. The van der Waals surface area contributed by atoms with E-state index in [1.165, 1.54) is 0 Å². The fraction of sp³-hybridized carbons (Fsp3) is 0.250. The lowest BCUT2D eigenvalue weighted by atomic mass is 10.1. The standard InChI is InChI=1S/C8H9N3/c1-6-8(4-10)2-7(3-9)5-11-6/h2,5H,4,10H2,1H3. The van der Waals surface area contributed by atoms with Crippen LogP contribution in [0.1, 0.15) is 16.8 Å². The van der Waals surface area contributed by atoms with Crippen LogP contribution >= 0.6 is 0 Å². The van der Waals surface area contributed by atoms with Crippen molar-refractivity contribution in [3.05, 3.63) is 29.1 Å². The van der Waals surface area contributed by atoms with Crippen molar-refractivity contribution in [2.45, 2.75) is 13.5 Å². The predicted molar refractivity (Wildman–Crippen MR) is 41.6 cm³/mol. The lowest BCUT2D eigenvalue weighted by Gasteiger charge is -1.99. The Morgan fingerprint density at radius 2 is 2.45 bits per heavy atom. The third-order valence-corrected chi connectivity index (χ3v) is 1.54. The average Bonchev–Trinajstić information content (AvgIpc) is 2.05. The molecule has 0 amide bonds. The molecule has 0 unspecified atom stereocenters. The zero-order valence-electron chi connectivity index (χ0n) is 6.33. The van der Waals surface area contributed by atoms with Crippen LogP contribution in [-0.4, -0.2) is 4.98 Å². The summed E-state index contributed by atoms with van der Waals surface area (Å²) in [5.41, 5.74) is 7.82. The molecule has 0 aliphatic rings. The first-order chi connectivity index (χ1) is 5.27. The highest BCUT2D eigenvalue weighted by Gasteiger charge is 1.97. The van der Waals surface area contributed by atoms with Crippen LogP contribution in [0.4, 0.5) is 0 Å². The van der Waals surface area contributed by atoms with Gasteiger partial charge >= 0.3 is 0 Å². The van der Waals surface area contributed by atoms with Crippen molar-refractivity contribution in [3.63, 3.8) is 0 Å². The van der Waals surface area contributed by atoms with Gasteiger partial charge in [0.2, 0.25) is 0 Å². The second-order valence-corrected chi connectivity index (χ2v) is 2.28. The molecule has 0 saturated carbocycles. The van der Waals surface area contributed by atoms with E-state index in [4.69, 9.17) is 11.0 Å². The van der Waals surface area contributed by atoms with Crippen LogP contribution in [0.2, 0.25) is 0 Å². The Labute approximate surface area is 65.5 Å². The van der Waals surface area contributed by atoms with E-state index < -0.39 is 0 Å². The maximum atomic E-state index is 8.52. The summed E-state index contributed by atoms with van der Waals surface area (Å²) in [6.45, 7) is 2.32. The Morgan fingerprint density at radius 1 is 1.73 bits per heavy atom. The Hall–Kier alpha value is -1.40. The van der Waals surface area contributed by atoms with Crippen molar-refractivity contribution in [1.29, 1.82) is 5.26 Å². The van der Waals surface area contributed by atoms with Crippen LogP contribution in [0.5, 0.6) is 0 Å². The Morgan fingerprint density at radius 3 is 3.00 bits per heavy atom. The molecule has 0 saturated heterocycles. The first-order valence-corrected chi connectivity index (χ1v) is 3.33. The van der Waals surface area contributed by atoms with Crippen LogP contribution in [0, 0.1) is 18.3 Å². The SMILES string of the molecule is Cc1ncc(C#N)cc1CN. The van der Waals surface area contributed by atoms with Crippen LogP contribution in [0.3, 0.4) is 0 Å². The number of pyridine rings is 1. The average molecular weight is 147 g/mol. The second kappa shape index (κ2) is 3.13. The Bertz CT molecular complexity index is 299. The summed E-state index contributed by atoms with van der Waals surface area (Å²) >= 11 is 0. The van der Waals surface area contributed by atoms with Gasteiger partial charge in [-0.15, -0.1) is 0 Å². The summed E-state index contributed by atoms with van der Waals surface area (Å²) in [7, 11) is 0. The van der Waals surface area contributed by atoms with E-state index in [0.29, 0.717) is 12.1 Å². The van der Waals surface area contributed by atoms with Gasteiger partial charge in [0, 0.05) is 18.4 Å². The van der Waals surface area contributed by atoms with Crippen molar-refractivity contribution < 1.29 is 0 Å². The number of hydrogen-bond donors (Lipinski definition) is 1. The van der Waals surface area contributed by atoms with E-state index >= 15 is 0 Å². The highest BCUT2D eigenvalue weighted by atomic mass is 14.7. The first kappa shape index (κ1) is 7.70. The molecule has 0 bridgehead atoms. The van der Waals surface area contributed by atoms with E-state index in [2.05, 4.69) is 4.98 Å². The van der Waals surface area contributed by atoms with Gasteiger partial charge in [0.05, 0.1) is 5.56 Å². The monoisotopic (exact) mass is 147 g/mol. The predicted octanol–water partition coefficient (Wildman–Crippen LogP) is 0.720. The summed E-state index contributed by atoms with van der Waals surface area (Å²) in [5.74, 6) is 0. The summed E-state index contributed by atoms with van der Waals surface area (Å²) < 4.78 is 0. The number of nitrogens with two attached hydrogens (primary N) is 1. The second-order valence-electron chi connectivity index (χ2n) is 2.28. The van der Waals surface area contributed by atoms with Gasteiger partial charge in [0.25, 0.3) is 0 Å². The number of nitriles is 1. The molecule has 1 aromatic heterocycles. The van der Waals surface area contributed by atoms with Gasteiger partial charge in [0.15, 0.2) is 0 Å². The van der Waals surface area contributed by atoms with Gasteiger partial charge in [-0.3, -0.25) is 4.98 Å². The maximum Gasteiger partial charge on any atom is 0.101 e. The number of hydrogen-bond acceptors (Lipinski definition) is 3. The Balaban J connectivity index is 3.15. The quantitative estimate of drug-likeness (QED) is 0.636. The van der Waals surface area contributed by atoms with Crippen molar-refractivity contribution in [2.24, 2.45) is 5.73 Å². The zero-order chi connectivity index (χ0) is 8.27. The molecule has 1 aromatic rings. The molecule has 0 fully saturated rings.